The number of halogens is 2. The standard InChI is InChI=1S/C11H15ClFNO/c1-8(15)5-6-14-7-9-3-2-4-10(13)11(9)12/h2-4,8,14-15H,5-7H2,1H3. The number of hydrogen-bond donors (Lipinski definition) is 2. The number of benzene rings is 1. The highest BCUT2D eigenvalue weighted by Gasteiger charge is 2.04. The average molecular weight is 232 g/mol. The Morgan fingerprint density at radius 1 is 1.53 bits per heavy atom. The second-order valence-corrected chi connectivity index (χ2v) is 3.91. The summed E-state index contributed by atoms with van der Waals surface area (Å²) in [6.45, 7) is 2.94. The van der Waals surface area contributed by atoms with E-state index >= 15 is 0 Å². The molecule has 1 unspecified atom stereocenters. The zero-order valence-electron chi connectivity index (χ0n) is 8.63. The number of aliphatic hydroxyl groups excluding tert-OH is 1. The maximum absolute atomic E-state index is 13.0. The summed E-state index contributed by atoms with van der Waals surface area (Å²) < 4.78 is 13.0. The first-order chi connectivity index (χ1) is 7.11. The van der Waals surface area contributed by atoms with Gasteiger partial charge in [-0.05, 0) is 31.5 Å². The van der Waals surface area contributed by atoms with E-state index in [1.54, 1.807) is 19.1 Å². The zero-order valence-corrected chi connectivity index (χ0v) is 9.39. The van der Waals surface area contributed by atoms with E-state index in [0.29, 0.717) is 19.5 Å². The molecule has 0 heterocycles. The van der Waals surface area contributed by atoms with Crippen LogP contribution < -0.4 is 5.32 Å². The molecule has 0 saturated carbocycles. The molecular weight excluding hydrogens is 217 g/mol. The average Bonchev–Trinajstić information content (AvgIpc) is 2.18. The van der Waals surface area contributed by atoms with Crippen LogP contribution in [-0.2, 0) is 6.54 Å². The van der Waals surface area contributed by atoms with Crippen LogP contribution in [0.15, 0.2) is 18.2 Å². The van der Waals surface area contributed by atoms with Crippen molar-refractivity contribution in [2.24, 2.45) is 0 Å². The summed E-state index contributed by atoms with van der Waals surface area (Å²) in [6, 6.07) is 4.75. The predicted octanol–water partition coefficient (Wildman–Crippen LogP) is 2.34. The summed E-state index contributed by atoms with van der Waals surface area (Å²) in [5.74, 6) is -0.397. The highest BCUT2D eigenvalue weighted by Crippen LogP contribution is 2.19. The SMILES string of the molecule is CC(O)CCNCc1cccc(F)c1Cl. The van der Waals surface area contributed by atoms with Crippen LogP contribution >= 0.6 is 11.6 Å². The predicted molar refractivity (Wildman–Crippen MR) is 59.4 cm³/mol. The van der Waals surface area contributed by atoms with E-state index in [9.17, 15) is 4.39 Å². The van der Waals surface area contributed by atoms with Gasteiger partial charge >= 0.3 is 0 Å². The Balaban J connectivity index is 2.41. The fourth-order valence-electron chi connectivity index (χ4n) is 1.22. The van der Waals surface area contributed by atoms with Gasteiger partial charge in [0.1, 0.15) is 5.82 Å². The van der Waals surface area contributed by atoms with Crippen molar-refractivity contribution in [3.63, 3.8) is 0 Å². The van der Waals surface area contributed by atoms with Crippen LogP contribution in [0.1, 0.15) is 18.9 Å². The number of hydrogen-bond acceptors (Lipinski definition) is 2. The lowest BCUT2D eigenvalue weighted by Crippen LogP contribution is -2.18. The molecular formula is C11H15ClFNO. The first-order valence-corrected chi connectivity index (χ1v) is 5.30. The van der Waals surface area contributed by atoms with Gasteiger partial charge in [0.05, 0.1) is 11.1 Å². The molecule has 0 aliphatic rings. The minimum absolute atomic E-state index is 0.169. The van der Waals surface area contributed by atoms with Gasteiger partial charge < -0.3 is 10.4 Å². The molecule has 2 nitrogen and oxygen atoms in total. The van der Waals surface area contributed by atoms with E-state index in [1.807, 2.05) is 0 Å². The lowest BCUT2D eigenvalue weighted by molar-refractivity contribution is 0.183. The summed E-state index contributed by atoms with van der Waals surface area (Å²) in [5.41, 5.74) is 0.738. The van der Waals surface area contributed by atoms with E-state index in [2.05, 4.69) is 5.32 Å². The van der Waals surface area contributed by atoms with Crippen molar-refractivity contribution in [1.29, 1.82) is 0 Å². The minimum atomic E-state index is -0.397. The molecule has 0 aliphatic heterocycles. The summed E-state index contributed by atoms with van der Waals surface area (Å²) in [4.78, 5) is 0. The van der Waals surface area contributed by atoms with Gasteiger partial charge in [0.25, 0.3) is 0 Å². The molecule has 1 aromatic rings. The molecule has 15 heavy (non-hydrogen) atoms. The fraction of sp³-hybridized carbons (Fsp3) is 0.455. The second-order valence-electron chi connectivity index (χ2n) is 3.53. The first-order valence-electron chi connectivity index (χ1n) is 4.93. The number of rotatable bonds is 5. The van der Waals surface area contributed by atoms with Crippen LogP contribution in [0.4, 0.5) is 4.39 Å². The Morgan fingerprint density at radius 3 is 2.93 bits per heavy atom. The minimum Gasteiger partial charge on any atom is -0.393 e. The molecule has 0 amide bonds. The van der Waals surface area contributed by atoms with Crippen molar-refractivity contribution in [2.75, 3.05) is 6.54 Å². The highest BCUT2D eigenvalue weighted by molar-refractivity contribution is 6.31. The molecule has 0 aromatic heterocycles. The van der Waals surface area contributed by atoms with Crippen molar-refractivity contribution in [1.82, 2.24) is 5.32 Å². The monoisotopic (exact) mass is 231 g/mol. The topological polar surface area (TPSA) is 32.3 Å². The smallest absolute Gasteiger partial charge is 0.142 e. The quantitative estimate of drug-likeness (QED) is 0.763. The van der Waals surface area contributed by atoms with E-state index in [1.165, 1.54) is 6.07 Å². The largest absolute Gasteiger partial charge is 0.393 e. The van der Waals surface area contributed by atoms with Crippen LogP contribution in [0.2, 0.25) is 5.02 Å². The molecule has 0 bridgehead atoms. The normalized spacial score (nSPS) is 12.8. The lowest BCUT2D eigenvalue weighted by Gasteiger charge is -2.08. The summed E-state index contributed by atoms with van der Waals surface area (Å²) in [6.07, 6.45) is 0.355. The van der Waals surface area contributed by atoms with Crippen LogP contribution in [0.25, 0.3) is 0 Å². The van der Waals surface area contributed by atoms with Gasteiger partial charge in [0.15, 0.2) is 0 Å². The zero-order chi connectivity index (χ0) is 11.3. The first kappa shape index (κ1) is 12.4. The van der Waals surface area contributed by atoms with Crippen LogP contribution in [0, 0.1) is 5.82 Å². The highest BCUT2D eigenvalue weighted by atomic mass is 35.5. The number of aliphatic hydroxyl groups is 1. The molecule has 0 aliphatic carbocycles. The van der Waals surface area contributed by atoms with Crippen molar-refractivity contribution < 1.29 is 9.50 Å². The van der Waals surface area contributed by atoms with Gasteiger partial charge in [-0.1, -0.05) is 23.7 Å². The van der Waals surface area contributed by atoms with Crippen molar-refractivity contribution in [2.45, 2.75) is 26.0 Å². The summed E-state index contributed by atoms with van der Waals surface area (Å²) in [7, 11) is 0. The van der Waals surface area contributed by atoms with E-state index in [-0.39, 0.29) is 11.1 Å². The van der Waals surface area contributed by atoms with E-state index in [4.69, 9.17) is 16.7 Å². The van der Waals surface area contributed by atoms with E-state index in [0.717, 1.165) is 5.56 Å². The molecule has 1 aromatic carbocycles. The lowest BCUT2D eigenvalue weighted by atomic mass is 10.2. The Hall–Kier alpha value is -0.640. The Kier molecular flexibility index (Phi) is 5.02. The molecule has 0 spiro atoms. The molecule has 2 N–H and O–H groups in total. The van der Waals surface area contributed by atoms with Gasteiger partial charge in [-0.15, -0.1) is 0 Å². The van der Waals surface area contributed by atoms with Gasteiger partial charge in [0, 0.05) is 6.54 Å². The van der Waals surface area contributed by atoms with Gasteiger partial charge in [-0.25, -0.2) is 4.39 Å². The van der Waals surface area contributed by atoms with Gasteiger partial charge in [-0.3, -0.25) is 0 Å². The third-order valence-electron chi connectivity index (χ3n) is 2.09. The Bertz CT molecular complexity index is 317. The molecule has 0 fully saturated rings. The summed E-state index contributed by atoms with van der Waals surface area (Å²) in [5, 5.41) is 12.3. The molecule has 4 heteroatoms. The van der Waals surface area contributed by atoms with Crippen molar-refractivity contribution in [3.8, 4) is 0 Å². The third kappa shape index (κ3) is 4.16. The van der Waals surface area contributed by atoms with E-state index < -0.39 is 5.82 Å². The van der Waals surface area contributed by atoms with Gasteiger partial charge in [0.2, 0.25) is 0 Å². The fourth-order valence-corrected chi connectivity index (χ4v) is 1.41. The van der Waals surface area contributed by atoms with Gasteiger partial charge in [-0.2, -0.15) is 0 Å². The molecule has 84 valence electrons. The van der Waals surface area contributed by atoms with Crippen molar-refractivity contribution >= 4 is 11.6 Å². The molecule has 0 radical (unpaired) electrons. The molecule has 1 atom stereocenters. The summed E-state index contributed by atoms with van der Waals surface area (Å²) >= 11 is 5.77. The van der Waals surface area contributed by atoms with Crippen LogP contribution in [-0.4, -0.2) is 17.8 Å². The molecule has 1 rings (SSSR count). The van der Waals surface area contributed by atoms with Crippen LogP contribution in [0.3, 0.4) is 0 Å². The molecule has 0 saturated heterocycles. The Labute approximate surface area is 94.1 Å². The second kappa shape index (κ2) is 6.05. The third-order valence-corrected chi connectivity index (χ3v) is 2.51. The van der Waals surface area contributed by atoms with Crippen molar-refractivity contribution in [3.05, 3.63) is 34.6 Å². The maximum Gasteiger partial charge on any atom is 0.142 e. The Morgan fingerprint density at radius 2 is 2.27 bits per heavy atom. The van der Waals surface area contributed by atoms with Crippen LogP contribution in [0.5, 0.6) is 0 Å². The number of nitrogens with one attached hydrogen (secondary N) is 1. The maximum atomic E-state index is 13.0.